The number of carbonyl (C=O) groups excluding carboxylic acids is 2. The number of morpholine rings is 1. The third kappa shape index (κ3) is 5.19. The van der Waals surface area contributed by atoms with Crippen LogP contribution in [0.3, 0.4) is 0 Å². The van der Waals surface area contributed by atoms with Crippen LogP contribution in [0, 0.1) is 0 Å². The third-order valence-corrected chi connectivity index (χ3v) is 6.63. The van der Waals surface area contributed by atoms with Gasteiger partial charge in [0.2, 0.25) is 5.91 Å². The summed E-state index contributed by atoms with van der Waals surface area (Å²) >= 11 is 0. The van der Waals surface area contributed by atoms with E-state index in [2.05, 4.69) is 20.5 Å². The Morgan fingerprint density at radius 3 is 2.37 bits per heavy atom. The maximum Gasteiger partial charge on any atom is 0.416 e. The predicted octanol–water partition coefficient (Wildman–Crippen LogP) is 3.79. The van der Waals surface area contributed by atoms with Crippen molar-refractivity contribution in [3.05, 3.63) is 48.2 Å². The Morgan fingerprint density at radius 2 is 1.74 bits per heavy atom. The molecule has 4 heterocycles. The zero-order chi connectivity index (χ0) is 24.6. The van der Waals surface area contributed by atoms with Crippen molar-refractivity contribution in [1.29, 1.82) is 0 Å². The molecule has 2 bridgehead atoms. The molecule has 1 aromatic carbocycles. The monoisotopic (exact) mass is 489 g/mol. The van der Waals surface area contributed by atoms with Crippen molar-refractivity contribution in [1.82, 2.24) is 10.3 Å². The molecular weight excluding hydrogens is 463 g/mol. The lowest BCUT2D eigenvalue weighted by molar-refractivity contribution is -0.137. The van der Waals surface area contributed by atoms with E-state index >= 15 is 0 Å². The number of halogens is 3. The van der Waals surface area contributed by atoms with Gasteiger partial charge in [0.1, 0.15) is 11.9 Å². The van der Waals surface area contributed by atoms with Crippen molar-refractivity contribution in [2.24, 2.45) is 0 Å². The number of rotatable bonds is 4. The van der Waals surface area contributed by atoms with Gasteiger partial charge >= 0.3 is 12.2 Å². The van der Waals surface area contributed by atoms with Gasteiger partial charge in [-0.05, 0) is 62.1 Å². The Bertz CT molecular complexity index is 1070. The van der Waals surface area contributed by atoms with E-state index in [-0.39, 0.29) is 23.8 Å². The average molecular weight is 489 g/mol. The van der Waals surface area contributed by atoms with Crippen LogP contribution < -0.4 is 20.4 Å². The fraction of sp³-hybridized carbons (Fsp3) is 0.458. The van der Waals surface area contributed by atoms with Crippen LogP contribution in [-0.4, -0.2) is 54.8 Å². The minimum absolute atomic E-state index is 0.201. The highest BCUT2D eigenvalue weighted by atomic mass is 19.4. The molecule has 2 N–H and O–H groups in total. The van der Waals surface area contributed by atoms with Gasteiger partial charge in [0.25, 0.3) is 0 Å². The van der Waals surface area contributed by atoms with Crippen molar-refractivity contribution >= 4 is 29.1 Å². The zero-order valence-corrected chi connectivity index (χ0v) is 18.9. The Balaban J connectivity index is 1.19. The van der Waals surface area contributed by atoms with Gasteiger partial charge in [-0.1, -0.05) is 0 Å². The molecule has 0 radical (unpaired) electrons. The molecule has 0 saturated carbocycles. The highest BCUT2D eigenvalue weighted by Gasteiger charge is 2.35. The molecule has 3 amide bonds. The van der Waals surface area contributed by atoms with Gasteiger partial charge in [-0.3, -0.25) is 4.79 Å². The number of carbonyl (C=O) groups is 2. The van der Waals surface area contributed by atoms with Crippen LogP contribution in [0.5, 0.6) is 0 Å². The second-order valence-corrected chi connectivity index (χ2v) is 9.10. The van der Waals surface area contributed by atoms with Gasteiger partial charge < -0.3 is 25.2 Å². The molecule has 3 atom stereocenters. The van der Waals surface area contributed by atoms with E-state index in [0.29, 0.717) is 25.1 Å². The molecule has 1 aromatic heterocycles. The lowest BCUT2D eigenvalue weighted by atomic mass is 10.0. The molecule has 5 rings (SSSR count). The average Bonchev–Trinajstić information content (AvgIpc) is 3.17. The molecular formula is C24H26F3N5O3. The molecule has 35 heavy (non-hydrogen) atoms. The van der Waals surface area contributed by atoms with E-state index in [1.54, 1.807) is 11.1 Å². The number of hydrogen-bond donors (Lipinski definition) is 2. The van der Waals surface area contributed by atoms with Gasteiger partial charge in [-0.2, -0.15) is 13.2 Å². The summed E-state index contributed by atoms with van der Waals surface area (Å²) in [5, 5.41) is 5.12. The van der Waals surface area contributed by atoms with E-state index in [4.69, 9.17) is 4.74 Å². The number of anilines is 3. The Morgan fingerprint density at radius 1 is 1.03 bits per heavy atom. The van der Waals surface area contributed by atoms with Crippen molar-refractivity contribution in [2.45, 2.75) is 50.1 Å². The van der Waals surface area contributed by atoms with Crippen LogP contribution in [0.2, 0.25) is 0 Å². The molecule has 3 fully saturated rings. The van der Waals surface area contributed by atoms with Gasteiger partial charge in [0, 0.05) is 25.3 Å². The molecule has 11 heteroatoms. The van der Waals surface area contributed by atoms with E-state index in [9.17, 15) is 22.8 Å². The number of alkyl halides is 3. The van der Waals surface area contributed by atoms with Crippen molar-refractivity contribution < 1.29 is 27.5 Å². The standard InChI is InChI=1S/C24H26F3N5O3/c25-24(26,27)15-3-5-16(6-4-15)29-23(34)30-20-2-1-11-32(22(20)33)17-7-10-21(28-12-17)31-13-18-8-9-19(14-31)35-18/h3-7,10,12,18-20H,1-2,8-9,11,13-14H2,(H2,29,30,34)/t18-,19+,20?. The van der Waals surface area contributed by atoms with Gasteiger partial charge in [0.15, 0.2) is 0 Å². The van der Waals surface area contributed by atoms with Crippen LogP contribution in [0.1, 0.15) is 31.2 Å². The summed E-state index contributed by atoms with van der Waals surface area (Å²) in [6.45, 7) is 2.14. The fourth-order valence-corrected chi connectivity index (χ4v) is 4.86. The number of urea groups is 1. The second-order valence-electron chi connectivity index (χ2n) is 9.10. The fourth-order valence-electron chi connectivity index (χ4n) is 4.86. The molecule has 3 saturated heterocycles. The minimum atomic E-state index is -4.45. The first-order chi connectivity index (χ1) is 16.8. The number of hydrogen-bond acceptors (Lipinski definition) is 5. The molecule has 3 aliphatic rings. The van der Waals surface area contributed by atoms with E-state index in [1.807, 2.05) is 12.1 Å². The minimum Gasteiger partial charge on any atom is -0.371 e. The summed E-state index contributed by atoms with van der Waals surface area (Å²) in [6, 6.07) is 6.50. The molecule has 186 valence electrons. The maximum atomic E-state index is 13.1. The summed E-state index contributed by atoms with van der Waals surface area (Å²) in [5.74, 6) is 0.599. The molecule has 0 spiro atoms. The smallest absolute Gasteiger partial charge is 0.371 e. The Hall–Kier alpha value is -3.34. The number of aromatic nitrogens is 1. The van der Waals surface area contributed by atoms with Crippen LogP contribution >= 0.6 is 0 Å². The third-order valence-electron chi connectivity index (χ3n) is 6.63. The van der Waals surface area contributed by atoms with Crippen molar-refractivity contribution in [2.75, 3.05) is 34.8 Å². The van der Waals surface area contributed by atoms with Crippen LogP contribution in [-0.2, 0) is 15.7 Å². The maximum absolute atomic E-state index is 13.1. The first-order valence-electron chi connectivity index (χ1n) is 11.7. The van der Waals surface area contributed by atoms with E-state index in [1.165, 1.54) is 12.1 Å². The predicted molar refractivity (Wildman–Crippen MR) is 123 cm³/mol. The number of piperidine rings is 1. The summed E-state index contributed by atoms with van der Waals surface area (Å²) < 4.78 is 44.0. The van der Waals surface area contributed by atoms with Crippen molar-refractivity contribution in [3.8, 4) is 0 Å². The molecule has 2 aromatic rings. The number of pyridine rings is 1. The van der Waals surface area contributed by atoms with Gasteiger partial charge in [-0.25, -0.2) is 9.78 Å². The number of amides is 3. The zero-order valence-electron chi connectivity index (χ0n) is 18.9. The summed E-state index contributed by atoms with van der Waals surface area (Å²) in [4.78, 5) is 33.8. The molecule has 8 nitrogen and oxygen atoms in total. The Kier molecular flexibility index (Phi) is 6.26. The Labute approximate surface area is 200 Å². The topological polar surface area (TPSA) is 86.8 Å². The van der Waals surface area contributed by atoms with Gasteiger partial charge in [0.05, 0.1) is 29.7 Å². The highest BCUT2D eigenvalue weighted by molar-refractivity contribution is 6.01. The number of nitrogens with one attached hydrogen (secondary N) is 2. The largest absolute Gasteiger partial charge is 0.416 e. The van der Waals surface area contributed by atoms with Crippen LogP contribution in [0.15, 0.2) is 42.6 Å². The van der Waals surface area contributed by atoms with Gasteiger partial charge in [-0.15, -0.1) is 0 Å². The summed E-state index contributed by atoms with van der Waals surface area (Å²) in [7, 11) is 0. The SMILES string of the molecule is O=C(Nc1ccc(C(F)(F)F)cc1)NC1CCCN(c2ccc(N3C[C@H]4CC[C@@H](C3)O4)nc2)C1=O. The number of benzene rings is 1. The summed E-state index contributed by atoms with van der Waals surface area (Å²) in [6.07, 6.45) is 1.02. The highest BCUT2D eigenvalue weighted by Crippen LogP contribution is 2.31. The van der Waals surface area contributed by atoms with E-state index in [0.717, 1.165) is 43.9 Å². The van der Waals surface area contributed by atoms with Crippen LogP contribution in [0.25, 0.3) is 0 Å². The number of fused-ring (bicyclic) bond motifs is 2. The lowest BCUT2D eigenvalue weighted by Crippen LogP contribution is -2.53. The molecule has 3 aliphatic heterocycles. The second kappa shape index (κ2) is 9.37. The van der Waals surface area contributed by atoms with Crippen molar-refractivity contribution in [3.63, 3.8) is 0 Å². The number of ether oxygens (including phenoxy) is 1. The number of nitrogens with zero attached hydrogens (tertiary/aromatic N) is 3. The van der Waals surface area contributed by atoms with Crippen LogP contribution in [0.4, 0.5) is 35.2 Å². The lowest BCUT2D eigenvalue weighted by Gasteiger charge is -2.34. The van der Waals surface area contributed by atoms with E-state index < -0.39 is 23.8 Å². The normalized spacial score (nSPS) is 24.4. The molecule has 0 aliphatic carbocycles. The summed E-state index contributed by atoms with van der Waals surface area (Å²) in [5.41, 5.74) is 0.0544. The quantitative estimate of drug-likeness (QED) is 0.683. The molecule has 1 unspecified atom stereocenters. The first kappa shape index (κ1) is 23.4. The first-order valence-corrected chi connectivity index (χ1v) is 11.7.